The largest absolute Gasteiger partial charge is 0.305 e. The Morgan fingerprint density at radius 3 is 2.80 bits per heavy atom. The molecule has 2 rings (SSSR count). The summed E-state index contributed by atoms with van der Waals surface area (Å²) in [5.41, 5.74) is 4.36. The van der Waals surface area contributed by atoms with Gasteiger partial charge in [-0.3, -0.25) is 5.43 Å². The van der Waals surface area contributed by atoms with Crippen molar-refractivity contribution >= 4 is 28.6 Å². The topological polar surface area (TPSA) is 55.9 Å². The molecule has 4 nitrogen and oxygen atoms in total. The highest BCUT2D eigenvalue weighted by molar-refractivity contribution is 6.35. The molecule has 0 amide bonds. The second kappa shape index (κ2) is 3.72. The Kier molecular flexibility index (Phi) is 2.54. The summed E-state index contributed by atoms with van der Waals surface area (Å²) in [6.45, 7) is 4.12. The Hall–Kier alpha value is -1.26. The van der Waals surface area contributed by atoms with Gasteiger partial charge >= 0.3 is 0 Å². The number of hydrogen-bond acceptors (Lipinski definition) is 3. The van der Waals surface area contributed by atoms with Crippen molar-refractivity contribution in [3.8, 4) is 0 Å². The molecule has 1 aromatic carbocycles. The second-order valence-corrected chi connectivity index (χ2v) is 4.06. The van der Waals surface area contributed by atoms with Crippen LogP contribution in [-0.2, 0) is 0 Å². The predicted molar refractivity (Wildman–Crippen MR) is 62.9 cm³/mol. The molecule has 0 aliphatic rings. The van der Waals surface area contributed by atoms with E-state index in [0.29, 0.717) is 11.0 Å². The van der Waals surface area contributed by atoms with Crippen LogP contribution < -0.4 is 11.3 Å². The van der Waals surface area contributed by atoms with Crippen LogP contribution in [-0.4, -0.2) is 9.55 Å². The first-order valence-corrected chi connectivity index (χ1v) is 5.16. The van der Waals surface area contributed by atoms with E-state index in [2.05, 4.69) is 24.3 Å². The van der Waals surface area contributed by atoms with Crippen molar-refractivity contribution in [2.75, 3.05) is 5.43 Å². The van der Waals surface area contributed by atoms with E-state index in [4.69, 9.17) is 17.4 Å². The standard InChI is InChI=1S/C10H13ClN4/c1-6(2)15-9-7(11)4-3-5-8(9)13-10(15)14-12/h3-6H,12H2,1-2H3,(H,13,14). The number of para-hydroxylation sites is 1. The number of nitrogens with two attached hydrogens (primary N) is 1. The van der Waals surface area contributed by atoms with E-state index in [1.807, 2.05) is 22.8 Å². The van der Waals surface area contributed by atoms with Crippen LogP contribution in [0.5, 0.6) is 0 Å². The van der Waals surface area contributed by atoms with Crippen molar-refractivity contribution in [2.45, 2.75) is 19.9 Å². The smallest absolute Gasteiger partial charge is 0.218 e. The van der Waals surface area contributed by atoms with Crippen molar-refractivity contribution in [2.24, 2.45) is 5.84 Å². The monoisotopic (exact) mass is 224 g/mol. The minimum absolute atomic E-state index is 0.251. The zero-order valence-electron chi connectivity index (χ0n) is 8.66. The number of aromatic nitrogens is 2. The zero-order valence-corrected chi connectivity index (χ0v) is 9.42. The molecule has 15 heavy (non-hydrogen) atoms. The summed E-state index contributed by atoms with van der Waals surface area (Å²) < 4.78 is 1.98. The van der Waals surface area contributed by atoms with Gasteiger partial charge in [-0.2, -0.15) is 0 Å². The van der Waals surface area contributed by atoms with Crippen molar-refractivity contribution in [1.82, 2.24) is 9.55 Å². The molecular weight excluding hydrogens is 212 g/mol. The Morgan fingerprint density at radius 1 is 1.47 bits per heavy atom. The molecule has 0 spiro atoms. The molecule has 0 atom stereocenters. The van der Waals surface area contributed by atoms with Crippen LogP contribution in [0, 0.1) is 0 Å². The number of rotatable bonds is 2. The molecule has 0 saturated heterocycles. The van der Waals surface area contributed by atoms with Crippen molar-refractivity contribution in [3.63, 3.8) is 0 Å². The lowest BCUT2D eigenvalue weighted by Gasteiger charge is -2.12. The van der Waals surface area contributed by atoms with Gasteiger partial charge in [-0.05, 0) is 26.0 Å². The fourth-order valence-corrected chi connectivity index (χ4v) is 1.97. The Morgan fingerprint density at radius 2 is 2.20 bits per heavy atom. The number of fused-ring (bicyclic) bond motifs is 1. The van der Waals surface area contributed by atoms with E-state index in [1.165, 1.54) is 0 Å². The highest BCUT2D eigenvalue weighted by atomic mass is 35.5. The number of benzene rings is 1. The van der Waals surface area contributed by atoms with Crippen LogP contribution in [0.3, 0.4) is 0 Å². The maximum absolute atomic E-state index is 6.15. The third-order valence-corrected chi connectivity index (χ3v) is 2.61. The lowest BCUT2D eigenvalue weighted by molar-refractivity contribution is 0.623. The maximum atomic E-state index is 6.15. The summed E-state index contributed by atoms with van der Waals surface area (Å²) >= 11 is 6.15. The number of nitrogens with one attached hydrogen (secondary N) is 1. The van der Waals surface area contributed by atoms with Gasteiger partial charge < -0.3 is 4.57 Å². The molecule has 1 aromatic heterocycles. The number of anilines is 1. The molecule has 0 fully saturated rings. The minimum Gasteiger partial charge on any atom is -0.305 e. The normalized spacial score (nSPS) is 11.3. The SMILES string of the molecule is CC(C)n1c(NN)nc2cccc(Cl)c21. The molecular formula is C10H13ClN4. The average Bonchev–Trinajstić information content (AvgIpc) is 2.57. The summed E-state index contributed by atoms with van der Waals surface area (Å²) in [6.07, 6.45) is 0. The first-order chi connectivity index (χ1) is 7.15. The molecule has 5 heteroatoms. The van der Waals surface area contributed by atoms with Gasteiger partial charge in [0.05, 0.1) is 16.1 Å². The third kappa shape index (κ3) is 1.56. The van der Waals surface area contributed by atoms with E-state index < -0.39 is 0 Å². The van der Waals surface area contributed by atoms with Crippen LogP contribution in [0.25, 0.3) is 11.0 Å². The first-order valence-electron chi connectivity index (χ1n) is 4.78. The summed E-state index contributed by atoms with van der Waals surface area (Å²) in [5.74, 6) is 6.06. The van der Waals surface area contributed by atoms with Gasteiger partial charge in [-0.15, -0.1) is 0 Å². The molecule has 80 valence electrons. The second-order valence-electron chi connectivity index (χ2n) is 3.65. The number of hydrogen-bond donors (Lipinski definition) is 2. The molecule has 2 aromatic rings. The Balaban J connectivity index is 2.82. The van der Waals surface area contributed by atoms with E-state index in [-0.39, 0.29) is 6.04 Å². The fraction of sp³-hybridized carbons (Fsp3) is 0.300. The van der Waals surface area contributed by atoms with Gasteiger partial charge in [-0.1, -0.05) is 17.7 Å². The quantitative estimate of drug-likeness (QED) is 0.609. The van der Waals surface area contributed by atoms with Crippen LogP contribution in [0.2, 0.25) is 5.02 Å². The highest BCUT2D eigenvalue weighted by Crippen LogP contribution is 2.29. The van der Waals surface area contributed by atoms with E-state index in [0.717, 1.165) is 11.0 Å². The van der Waals surface area contributed by atoms with E-state index in [1.54, 1.807) is 0 Å². The maximum Gasteiger partial charge on any atom is 0.218 e. The van der Waals surface area contributed by atoms with Crippen LogP contribution in [0.4, 0.5) is 5.95 Å². The lowest BCUT2D eigenvalue weighted by atomic mass is 10.3. The molecule has 0 unspecified atom stereocenters. The van der Waals surface area contributed by atoms with Crippen molar-refractivity contribution in [1.29, 1.82) is 0 Å². The van der Waals surface area contributed by atoms with Gasteiger partial charge in [0, 0.05) is 6.04 Å². The summed E-state index contributed by atoms with van der Waals surface area (Å²) in [5, 5.41) is 0.690. The highest BCUT2D eigenvalue weighted by Gasteiger charge is 2.14. The first kappa shape index (κ1) is 10.3. The number of hydrazine groups is 1. The van der Waals surface area contributed by atoms with Crippen molar-refractivity contribution in [3.05, 3.63) is 23.2 Å². The van der Waals surface area contributed by atoms with E-state index >= 15 is 0 Å². The molecule has 0 aliphatic heterocycles. The summed E-state index contributed by atoms with van der Waals surface area (Å²) in [6, 6.07) is 5.90. The third-order valence-electron chi connectivity index (χ3n) is 2.31. The average molecular weight is 225 g/mol. The zero-order chi connectivity index (χ0) is 11.0. The molecule has 0 bridgehead atoms. The van der Waals surface area contributed by atoms with Gasteiger partial charge in [0.25, 0.3) is 0 Å². The number of halogens is 1. The minimum atomic E-state index is 0.251. The Bertz CT molecular complexity index is 489. The fourth-order valence-electron chi connectivity index (χ4n) is 1.71. The van der Waals surface area contributed by atoms with Crippen molar-refractivity contribution < 1.29 is 0 Å². The number of imidazole rings is 1. The van der Waals surface area contributed by atoms with Crippen LogP contribution >= 0.6 is 11.6 Å². The Labute approximate surface area is 93.0 Å². The molecule has 1 heterocycles. The van der Waals surface area contributed by atoms with Crippen LogP contribution in [0.15, 0.2) is 18.2 Å². The van der Waals surface area contributed by atoms with Crippen LogP contribution in [0.1, 0.15) is 19.9 Å². The van der Waals surface area contributed by atoms with E-state index in [9.17, 15) is 0 Å². The van der Waals surface area contributed by atoms with Gasteiger partial charge in [0.2, 0.25) is 5.95 Å². The van der Waals surface area contributed by atoms with Gasteiger partial charge in [-0.25, -0.2) is 10.8 Å². The molecule has 0 radical (unpaired) electrons. The predicted octanol–water partition coefficient (Wildman–Crippen LogP) is 2.56. The summed E-state index contributed by atoms with van der Waals surface area (Å²) in [7, 11) is 0. The molecule has 0 aliphatic carbocycles. The molecule has 0 saturated carbocycles. The van der Waals surface area contributed by atoms with Gasteiger partial charge in [0.1, 0.15) is 0 Å². The van der Waals surface area contributed by atoms with Gasteiger partial charge in [0.15, 0.2) is 0 Å². The number of nitrogens with zero attached hydrogens (tertiary/aromatic N) is 2. The molecule has 3 N–H and O–H groups in total. The summed E-state index contributed by atoms with van der Waals surface area (Å²) in [4.78, 5) is 4.36. The number of nitrogen functional groups attached to an aromatic ring is 1. The lowest BCUT2D eigenvalue weighted by Crippen LogP contribution is -2.14.